The first-order chi connectivity index (χ1) is 12.7. The van der Waals surface area contributed by atoms with Gasteiger partial charge in [-0.15, -0.1) is 0 Å². The second-order valence-corrected chi connectivity index (χ2v) is 8.34. The standard InChI is InChI=1S/C17H15F2N5O2S/c1-10-2-3-14(16-15(10)11(5-20)6-21-16)23-27(25,26)13-7-22-24(9-13)8-12-4-17(12,18)19/h2-3,6-7,9,12,21,23H,4,8H2,1H3. The number of hydrogen-bond donors (Lipinski definition) is 2. The summed E-state index contributed by atoms with van der Waals surface area (Å²) in [7, 11) is -3.96. The third-order valence-corrected chi connectivity index (χ3v) is 6.01. The van der Waals surface area contributed by atoms with Crippen molar-refractivity contribution in [3.63, 3.8) is 0 Å². The van der Waals surface area contributed by atoms with Crippen LogP contribution in [0.1, 0.15) is 17.5 Å². The number of aromatic amines is 1. The van der Waals surface area contributed by atoms with Gasteiger partial charge in [0, 0.05) is 36.7 Å². The predicted octanol–water partition coefficient (Wildman–Crippen LogP) is 3.00. The summed E-state index contributed by atoms with van der Waals surface area (Å²) in [4.78, 5) is 2.80. The zero-order valence-electron chi connectivity index (χ0n) is 14.2. The van der Waals surface area contributed by atoms with Gasteiger partial charge >= 0.3 is 0 Å². The second-order valence-electron chi connectivity index (χ2n) is 6.66. The van der Waals surface area contributed by atoms with E-state index in [-0.39, 0.29) is 17.9 Å². The molecular formula is C17H15F2N5O2S. The fraction of sp³-hybridized carbons (Fsp3) is 0.294. The Bertz CT molecular complexity index is 1190. The molecule has 1 saturated carbocycles. The van der Waals surface area contributed by atoms with Crippen LogP contribution in [-0.4, -0.2) is 29.1 Å². The number of H-pyrrole nitrogens is 1. The first kappa shape index (κ1) is 17.5. The number of nitriles is 1. The Morgan fingerprint density at radius 3 is 2.89 bits per heavy atom. The molecule has 27 heavy (non-hydrogen) atoms. The minimum Gasteiger partial charge on any atom is -0.358 e. The number of benzene rings is 1. The number of alkyl halides is 2. The summed E-state index contributed by atoms with van der Waals surface area (Å²) in [6, 6.07) is 5.38. The van der Waals surface area contributed by atoms with Crippen molar-refractivity contribution in [2.45, 2.75) is 30.7 Å². The molecule has 140 valence electrons. The SMILES string of the molecule is Cc1ccc(NS(=O)(=O)c2cnn(CC3CC3(F)F)c2)c2[nH]cc(C#N)c12. The highest BCUT2D eigenvalue weighted by Gasteiger charge is 2.56. The van der Waals surface area contributed by atoms with Crippen LogP contribution in [0.15, 0.2) is 35.6 Å². The molecule has 3 aromatic rings. The lowest BCUT2D eigenvalue weighted by Crippen LogP contribution is -2.13. The van der Waals surface area contributed by atoms with Crippen LogP contribution in [-0.2, 0) is 16.6 Å². The van der Waals surface area contributed by atoms with Gasteiger partial charge in [0.05, 0.1) is 23.0 Å². The molecule has 10 heteroatoms. The number of aromatic nitrogens is 3. The maximum absolute atomic E-state index is 13.0. The molecule has 0 bridgehead atoms. The number of hydrogen-bond acceptors (Lipinski definition) is 4. The number of rotatable bonds is 5. The zero-order valence-corrected chi connectivity index (χ0v) is 15.0. The Balaban J connectivity index is 1.62. The van der Waals surface area contributed by atoms with Gasteiger partial charge in [-0.3, -0.25) is 9.40 Å². The molecule has 1 unspecified atom stereocenters. The van der Waals surface area contributed by atoms with Gasteiger partial charge < -0.3 is 4.98 Å². The summed E-state index contributed by atoms with van der Waals surface area (Å²) in [6.45, 7) is 1.80. The first-order valence-corrected chi connectivity index (χ1v) is 9.63. The Morgan fingerprint density at radius 1 is 1.48 bits per heavy atom. The van der Waals surface area contributed by atoms with Crippen molar-refractivity contribution >= 4 is 26.6 Å². The number of anilines is 1. The summed E-state index contributed by atoms with van der Waals surface area (Å²) >= 11 is 0. The van der Waals surface area contributed by atoms with Gasteiger partial charge in [-0.1, -0.05) is 6.07 Å². The Kier molecular flexibility index (Phi) is 3.75. The Labute approximate surface area is 153 Å². The van der Waals surface area contributed by atoms with E-state index < -0.39 is 21.9 Å². The summed E-state index contributed by atoms with van der Waals surface area (Å²) in [5, 5.41) is 13.7. The lowest BCUT2D eigenvalue weighted by atomic mass is 10.1. The van der Waals surface area contributed by atoms with Gasteiger partial charge in [-0.25, -0.2) is 17.2 Å². The van der Waals surface area contributed by atoms with Crippen molar-refractivity contribution in [2.75, 3.05) is 4.72 Å². The quantitative estimate of drug-likeness (QED) is 0.698. The van der Waals surface area contributed by atoms with Crippen molar-refractivity contribution in [1.82, 2.24) is 14.8 Å². The van der Waals surface area contributed by atoms with Crippen LogP contribution in [0.25, 0.3) is 10.9 Å². The molecule has 0 amide bonds. The molecule has 0 saturated heterocycles. The van der Waals surface area contributed by atoms with Gasteiger partial charge in [0.1, 0.15) is 11.0 Å². The van der Waals surface area contributed by atoms with Gasteiger partial charge in [0.25, 0.3) is 15.9 Å². The van der Waals surface area contributed by atoms with Crippen LogP contribution >= 0.6 is 0 Å². The number of nitrogens with one attached hydrogen (secondary N) is 2. The number of fused-ring (bicyclic) bond motifs is 1. The maximum Gasteiger partial charge on any atom is 0.265 e. The Morgan fingerprint density at radius 2 is 2.22 bits per heavy atom. The highest BCUT2D eigenvalue weighted by atomic mass is 32.2. The van der Waals surface area contributed by atoms with Crippen LogP contribution < -0.4 is 4.72 Å². The van der Waals surface area contributed by atoms with E-state index in [4.69, 9.17) is 0 Å². The van der Waals surface area contributed by atoms with Crippen molar-refractivity contribution < 1.29 is 17.2 Å². The van der Waals surface area contributed by atoms with Gasteiger partial charge in [-0.2, -0.15) is 10.4 Å². The molecule has 1 aliphatic rings. The maximum atomic E-state index is 13.0. The topological polar surface area (TPSA) is 104 Å². The smallest absolute Gasteiger partial charge is 0.265 e. The minimum atomic E-state index is -3.96. The van der Waals surface area contributed by atoms with Crippen molar-refractivity contribution in [1.29, 1.82) is 5.26 Å². The number of sulfonamides is 1. The fourth-order valence-electron chi connectivity index (χ4n) is 3.07. The van der Waals surface area contributed by atoms with Gasteiger partial charge in [0.2, 0.25) is 0 Å². The number of nitrogens with zero attached hydrogens (tertiary/aromatic N) is 3. The third kappa shape index (κ3) is 3.04. The predicted molar refractivity (Wildman–Crippen MR) is 93.8 cm³/mol. The van der Waals surface area contributed by atoms with E-state index in [1.54, 1.807) is 12.1 Å². The van der Waals surface area contributed by atoms with E-state index in [2.05, 4.69) is 20.9 Å². The summed E-state index contributed by atoms with van der Waals surface area (Å²) in [6.07, 6.45) is 3.67. The molecule has 1 fully saturated rings. The highest BCUT2D eigenvalue weighted by molar-refractivity contribution is 7.92. The lowest BCUT2D eigenvalue weighted by Gasteiger charge is -2.09. The first-order valence-electron chi connectivity index (χ1n) is 8.15. The highest BCUT2D eigenvalue weighted by Crippen LogP contribution is 2.49. The molecule has 4 rings (SSSR count). The zero-order chi connectivity index (χ0) is 19.4. The van der Waals surface area contributed by atoms with E-state index in [9.17, 15) is 22.5 Å². The molecular weight excluding hydrogens is 376 g/mol. The minimum absolute atomic E-state index is 0.0283. The van der Waals surface area contributed by atoms with Gasteiger partial charge in [-0.05, 0) is 18.6 Å². The molecule has 7 nitrogen and oxygen atoms in total. The Hall–Kier alpha value is -2.93. The third-order valence-electron chi connectivity index (χ3n) is 4.69. The van der Waals surface area contributed by atoms with Crippen LogP contribution in [0.2, 0.25) is 0 Å². The molecule has 2 heterocycles. The number of halogens is 2. The molecule has 1 atom stereocenters. The van der Waals surface area contributed by atoms with Crippen LogP contribution in [0, 0.1) is 24.2 Å². The largest absolute Gasteiger partial charge is 0.358 e. The molecule has 1 aliphatic carbocycles. The van der Waals surface area contributed by atoms with E-state index >= 15 is 0 Å². The van der Waals surface area contributed by atoms with E-state index in [1.165, 1.54) is 17.1 Å². The molecule has 2 aromatic heterocycles. The van der Waals surface area contributed by atoms with E-state index in [1.807, 2.05) is 6.92 Å². The lowest BCUT2D eigenvalue weighted by molar-refractivity contribution is 0.0942. The summed E-state index contributed by atoms with van der Waals surface area (Å²) in [5.74, 6) is -3.50. The monoisotopic (exact) mass is 391 g/mol. The van der Waals surface area contributed by atoms with Crippen LogP contribution in [0.5, 0.6) is 0 Å². The van der Waals surface area contributed by atoms with E-state index in [0.717, 1.165) is 11.8 Å². The average Bonchev–Trinajstić information content (AvgIpc) is 3.03. The van der Waals surface area contributed by atoms with Crippen LogP contribution in [0.4, 0.5) is 14.5 Å². The molecule has 2 N–H and O–H groups in total. The number of aryl methyl sites for hydroxylation is 1. The average molecular weight is 391 g/mol. The van der Waals surface area contributed by atoms with E-state index in [0.29, 0.717) is 22.2 Å². The molecule has 0 spiro atoms. The summed E-state index contributed by atoms with van der Waals surface area (Å²) < 4.78 is 55.0. The van der Waals surface area contributed by atoms with Crippen LogP contribution in [0.3, 0.4) is 0 Å². The summed E-state index contributed by atoms with van der Waals surface area (Å²) in [5.41, 5.74) is 2.05. The second kappa shape index (κ2) is 5.79. The molecule has 0 aliphatic heterocycles. The van der Waals surface area contributed by atoms with Gasteiger partial charge in [0.15, 0.2) is 0 Å². The van der Waals surface area contributed by atoms with Crippen molar-refractivity contribution in [3.05, 3.63) is 41.9 Å². The molecule has 1 aromatic carbocycles. The van der Waals surface area contributed by atoms with Crippen molar-refractivity contribution in [3.8, 4) is 6.07 Å². The molecule has 0 radical (unpaired) electrons. The van der Waals surface area contributed by atoms with Crippen molar-refractivity contribution in [2.24, 2.45) is 5.92 Å². The fourth-order valence-corrected chi connectivity index (χ4v) is 4.10. The normalized spacial score (nSPS) is 18.4.